The molecule has 2 aromatic rings. The van der Waals surface area contributed by atoms with Crippen LogP contribution in [-0.2, 0) is 13.1 Å². The van der Waals surface area contributed by atoms with E-state index < -0.39 is 0 Å². The van der Waals surface area contributed by atoms with Gasteiger partial charge in [-0.2, -0.15) is 0 Å². The van der Waals surface area contributed by atoms with Crippen LogP contribution in [0.4, 0.5) is 0 Å². The zero-order valence-corrected chi connectivity index (χ0v) is 11.3. The minimum absolute atomic E-state index is 0.840. The van der Waals surface area contributed by atoms with Gasteiger partial charge in [0.05, 0.1) is 5.69 Å². The summed E-state index contributed by atoms with van der Waals surface area (Å²) in [6, 6.07) is 8.64. The Labute approximate surface area is 108 Å². The van der Waals surface area contributed by atoms with Gasteiger partial charge in [-0.05, 0) is 26.0 Å². The van der Waals surface area contributed by atoms with Gasteiger partial charge in [-0.15, -0.1) is 0 Å². The van der Waals surface area contributed by atoms with Crippen molar-refractivity contribution in [2.45, 2.75) is 33.9 Å². The van der Waals surface area contributed by atoms with Crippen molar-refractivity contribution < 1.29 is 4.42 Å². The van der Waals surface area contributed by atoms with Crippen LogP contribution in [0, 0.1) is 13.8 Å². The Morgan fingerprint density at radius 2 is 2.06 bits per heavy atom. The average molecular weight is 244 g/mol. The summed E-state index contributed by atoms with van der Waals surface area (Å²) in [6.45, 7) is 9.05. The van der Waals surface area contributed by atoms with Gasteiger partial charge in [0.25, 0.3) is 0 Å². The molecule has 3 nitrogen and oxygen atoms in total. The molecule has 0 N–H and O–H groups in total. The van der Waals surface area contributed by atoms with Gasteiger partial charge >= 0.3 is 0 Å². The van der Waals surface area contributed by atoms with Crippen LogP contribution in [0.1, 0.15) is 29.5 Å². The number of oxazole rings is 1. The van der Waals surface area contributed by atoms with E-state index >= 15 is 0 Å². The average Bonchev–Trinajstić information content (AvgIpc) is 2.74. The van der Waals surface area contributed by atoms with E-state index in [0.717, 1.165) is 31.1 Å². The Morgan fingerprint density at radius 3 is 2.67 bits per heavy atom. The quantitative estimate of drug-likeness (QED) is 0.808. The Morgan fingerprint density at radius 1 is 1.22 bits per heavy atom. The normalized spacial score (nSPS) is 11.1. The lowest BCUT2D eigenvalue weighted by Crippen LogP contribution is -2.22. The molecule has 0 saturated heterocycles. The third kappa shape index (κ3) is 3.20. The summed E-state index contributed by atoms with van der Waals surface area (Å²) in [5, 5.41) is 0. The summed E-state index contributed by atoms with van der Waals surface area (Å²) in [4.78, 5) is 6.62. The molecule has 0 atom stereocenters. The van der Waals surface area contributed by atoms with Crippen LogP contribution in [-0.4, -0.2) is 16.4 Å². The fourth-order valence-electron chi connectivity index (χ4n) is 2.04. The predicted molar refractivity (Wildman–Crippen MR) is 72.2 cm³/mol. The molecular formula is C15H20N2O. The maximum absolute atomic E-state index is 5.24. The van der Waals surface area contributed by atoms with Gasteiger partial charge in [-0.3, -0.25) is 4.90 Å². The summed E-state index contributed by atoms with van der Waals surface area (Å²) < 4.78 is 5.24. The van der Waals surface area contributed by atoms with E-state index in [0.29, 0.717) is 0 Å². The highest BCUT2D eigenvalue weighted by Crippen LogP contribution is 2.12. The van der Waals surface area contributed by atoms with Crippen molar-refractivity contribution in [1.29, 1.82) is 0 Å². The Hall–Kier alpha value is -1.61. The molecule has 96 valence electrons. The minimum atomic E-state index is 0.840. The number of rotatable bonds is 5. The number of nitrogens with zero attached hydrogens (tertiary/aromatic N) is 2. The molecule has 0 aliphatic heterocycles. The van der Waals surface area contributed by atoms with Gasteiger partial charge in [0.2, 0.25) is 0 Å². The molecule has 3 heteroatoms. The van der Waals surface area contributed by atoms with Crippen LogP contribution in [0.2, 0.25) is 0 Å². The summed E-state index contributed by atoms with van der Waals surface area (Å²) in [7, 11) is 0. The van der Waals surface area contributed by atoms with E-state index in [1.54, 1.807) is 0 Å². The molecule has 0 saturated carbocycles. The second-order valence-electron chi connectivity index (χ2n) is 4.65. The van der Waals surface area contributed by atoms with Crippen molar-refractivity contribution in [2.75, 3.05) is 6.54 Å². The molecule has 0 radical (unpaired) electrons. The highest BCUT2D eigenvalue weighted by molar-refractivity contribution is 5.22. The lowest BCUT2D eigenvalue weighted by Gasteiger charge is -2.19. The highest BCUT2D eigenvalue weighted by atomic mass is 16.3. The van der Waals surface area contributed by atoms with Gasteiger partial charge < -0.3 is 4.42 Å². The van der Waals surface area contributed by atoms with Crippen molar-refractivity contribution in [3.63, 3.8) is 0 Å². The first-order valence-electron chi connectivity index (χ1n) is 6.36. The van der Waals surface area contributed by atoms with Crippen molar-refractivity contribution in [3.05, 3.63) is 53.2 Å². The van der Waals surface area contributed by atoms with Crippen molar-refractivity contribution in [1.82, 2.24) is 9.88 Å². The maximum Gasteiger partial charge on any atom is 0.181 e. The van der Waals surface area contributed by atoms with Crippen molar-refractivity contribution in [3.8, 4) is 0 Å². The zero-order valence-electron chi connectivity index (χ0n) is 11.3. The third-order valence-corrected chi connectivity index (χ3v) is 3.15. The molecule has 0 aliphatic rings. The first kappa shape index (κ1) is 12.8. The van der Waals surface area contributed by atoms with Gasteiger partial charge in [-0.1, -0.05) is 36.8 Å². The highest BCUT2D eigenvalue weighted by Gasteiger charge is 2.09. The summed E-state index contributed by atoms with van der Waals surface area (Å²) in [6.07, 6.45) is 1.52. The van der Waals surface area contributed by atoms with E-state index in [1.807, 2.05) is 6.92 Å². The van der Waals surface area contributed by atoms with Gasteiger partial charge in [0.15, 0.2) is 6.39 Å². The van der Waals surface area contributed by atoms with Gasteiger partial charge in [0, 0.05) is 13.1 Å². The van der Waals surface area contributed by atoms with E-state index in [9.17, 15) is 0 Å². The van der Waals surface area contributed by atoms with Gasteiger partial charge in [-0.25, -0.2) is 4.98 Å². The van der Waals surface area contributed by atoms with E-state index in [-0.39, 0.29) is 0 Å². The number of benzene rings is 1. The van der Waals surface area contributed by atoms with Crippen LogP contribution in [0.25, 0.3) is 0 Å². The van der Waals surface area contributed by atoms with Crippen LogP contribution >= 0.6 is 0 Å². The lowest BCUT2D eigenvalue weighted by molar-refractivity contribution is 0.267. The van der Waals surface area contributed by atoms with Crippen LogP contribution < -0.4 is 0 Å². The fourth-order valence-corrected chi connectivity index (χ4v) is 2.04. The van der Waals surface area contributed by atoms with E-state index in [2.05, 4.69) is 48.0 Å². The molecule has 1 aromatic carbocycles. The smallest absolute Gasteiger partial charge is 0.181 e. The summed E-state index contributed by atoms with van der Waals surface area (Å²) >= 11 is 0. The first-order valence-corrected chi connectivity index (χ1v) is 6.36. The fraction of sp³-hybridized carbons (Fsp3) is 0.400. The van der Waals surface area contributed by atoms with Gasteiger partial charge in [0.1, 0.15) is 5.76 Å². The number of hydrogen-bond donors (Lipinski definition) is 0. The molecular weight excluding hydrogens is 224 g/mol. The molecule has 0 unspecified atom stereocenters. The summed E-state index contributed by atoms with van der Waals surface area (Å²) in [5.41, 5.74) is 3.68. The third-order valence-electron chi connectivity index (χ3n) is 3.15. The molecule has 0 aliphatic carbocycles. The number of hydrogen-bond acceptors (Lipinski definition) is 3. The molecule has 0 amide bonds. The van der Waals surface area contributed by atoms with Crippen molar-refractivity contribution >= 4 is 0 Å². The second-order valence-corrected chi connectivity index (χ2v) is 4.65. The molecule has 0 bridgehead atoms. The first-order chi connectivity index (χ1) is 8.69. The number of aromatic nitrogens is 1. The maximum atomic E-state index is 5.24. The minimum Gasteiger partial charge on any atom is -0.448 e. The predicted octanol–water partition coefficient (Wildman–Crippen LogP) is 3.31. The Bertz CT molecular complexity index is 505. The SMILES string of the molecule is CCN(Cc1cccc(C)c1)Cc1ncoc1C. The monoisotopic (exact) mass is 244 g/mol. The number of aryl methyl sites for hydroxylation is 2. The molecule has 1 aromatic heterocycles. The second kappa shape index (κ2) is 5.83. The van der Waals surface area contributed by atoms with Crippen LogP contribution in [0.5, 0.6) is 0 Å². The Kier molecular flexibility index (Phi) is 4.15. The molecule has 0 spiro atoms. The van der Waals surface area contributed by atoms with Crippen LogP contribution in [0.3, 0.4) is 0 Å². The Balaban J connectivity index is 2.04. The van der Waals surface area contributed by atoms with Crippen molar-refractivity contribution in [2.24, 2.45) is 0 Å². The zero-order chi connectivity index (χ0) is 13.0. The topological polar surface area (TPSA) is 29.3 Å². The summed E-state index contributed by atoms with van der Waals surface area (Å²) in [5.74, 6) is 0.915. The molecule has 1 heterocycles. The standard InChI is InChI=1S/C15H20N2O/c1-4-17(10-15-13(3)18-11-16-15)9-14-7-5-6-12(2)8-14/h5-8,11H,4,9-10H2,1-3H3. The molecule has 18 heavy (non-hydrogen) atoms. The lowest BCUT2D eigenvalue weighted by atomic mass is 10.1. The molecule has 0 fully saturated rings. The largest absolute Gasteiger partial charge is 0.448 e. The van der Waals surface area contributed by atoms with E-state index in [1.165, 1.54) is 17.5 Å². The van der Waals surface area contributed by atoms with E-state index in [4.69, 9.17) is 4.42 Å². The molecule has 2 rings (SSSR count). The van der Waals surface area contributed by atoms with Crippen LogP contribution in [0.15, 0.2) is 35.1 Å².